The molecule has 0 fully saturated rings. The first kappa shape index (κ1) is 17.8. The van der Waals surface area contributed by atoms with Crippen LogP contribution in [0.1, 0.15) is 37.6 Å². The van der Waals surface area contributed by atoms with E-state index in [1.165, 1.54) is 10.9 Å². The fourth-order valence-corrected chi connectivity index (χ4v) is 3.14. The fourth-order valence-electron chi connectivity index (χ4n) is 3.14. The van der Waals surface area contributed by atoms with Gasteiger partial charge in [0.25, 0.3) is 11.3 Å². The average Bonchev–Trinajstić information content (AvgIpc) is 3.00. The first-order valence-corrected chi connectivity index (χ1v) is 8.69. The van der Waals surface area contributed by atoms with Crippen LogP contribution < -0.4 is 10.5 Å². The molecule has 0 aliphatic carbocycles. The highest BCUT2D eigenvalue weighted by Crippen LogP contribution is 2.22. The molecule has 7 heteroatoms. The lowest BCUT2D eigenvalue weighted by Gasteiger charge is -2.27. The number of fused-ring (bicyclic) bond motifs is 1. The summed E-state index contributed by atoms with van der Waals surface area (Å²) in [5, 5.41) is 4.11. The molecule has 1 amide bonds. The summed E-state index contributed by atoms with van der Waals surface area (Å²) in [6.45, 7) is 7.98. The number of rotatable bonds is 5. The summed E-state index contributed by atoms with van der Waals surface area (Å²) < 4.78 is 6.42. The second kappa shape index (κ2) is 7.11. The summed E-state index contributed by atoms with van der Waals surface area (Å²) in [4.78, 5) is 31.9. The highest BCUT2D eigenvalue weighted by molar-refractivity contribution is 5.96. The molecule has 0 saturated heterocycles. The number of anilines is 1. The van der Waals surface area contributed by atoms with E-state index in [9.17, 15) is 9.59 Å². The smallest absolute Gasteiger partial charge is 0.267 e. The molecule has 2 aromatic heterocycles. The normalized spacial score (nSPS) is 12.3. The van der Waals surface area contributed by atoms with Crippen molar-refractivity contribution >= 4 is 22.7 Å². The van der Waals surface area contributed by atoms with Crippen molar-refractivity contribution in [2.24, 2.45) is 0 Å². The van der Waals surface area contributed by atoms with Gasteiger partial charge in [0.2, 0.25) is 5.91 Å². The molecule has 2 heterocycles. The van der Waals surface area contributed by atoms with Crippen molar-refractivity contribution in [2.45, 2.75) is 40.2 Å². The summed E-state index contributed by atoms with van der Waals surface area (Å²) in [6.07, 6.45) is 1.84. The minimum absolute atomic E-state index is 0.141. The highest BCUT2D eigenvalue weighted by atomic mass is 16.5. The standard InChI is InChI=1S/C19H22N4O3/c1-5-15(18(24)22(6-2)14-9-7-8-12(3)10-14)23-11-20-17-16(19(23)25)13(4)21-26-17/h7-11,15H,5-6H2,1-4H3. The van der Waals surface area contributed by atoms with Gasteiger partial charge in [0.1, 0.15) is 17.8 Å². The Kier molecular flexibility index (Phi) is 4.88. The molecule has 0 aliphatic rings. The molecule has 26 heavy (non-hydrogen) atoms. The maximum atomic E-state index is 13.2. The maximum absolute atomic E-state index is 13.2. The van der Waals surface area contributed by atoms with E-state index in [1.54, 1.807) is 11.8 Å². The second-order valence-electron chi connectivity index (χ2n) is 6.25. The van der Waals surface area contributed by atoms with E-state index < -0.39 is 6.04 Å². The van der Waals surface area contributed by atoms with Crippen LogP contribution in [-0.4, -0.2) is 27.2 Å². The van der Waals surface area contributed by atoms with Crippen LogP contribution in [0.4, 0.5) is 5.69 Å². The number of benzene rings is 1. The van der Waals surface area contributed by atoms with Crippen LogP contribution >= 0.6 is 0 Å². The first-order valence-electron chi connectivity index (χ1n) is 8.69. The lowest BCUT2D eigenvalue weighted by molar-refractivity contribution is -0.121. The van der Waals surface area contributed by atoms with E-state index in [2.05, 4.69) is 10.1 Å². The van der Waals surface area contributed by atoms with Crippen molar-refractivity contribution in [1.82, 2.24) is 14.7 Å². The van der Waals surface area contributed by atoms with Crippen molar-refractivity contribution < 1.29 is 9.32 Å². The SMILES string of the molecule is CCC(C(=O)N(CC)c1cccc(C)c1)n1cnc2onc(C)c2c1=O. The summed E-state index contributed by atoms with van der Waals surface area (Å²) in [7, 11) is 0. The molecule has 136 valence electrons. The number of nitrogens with zero attached hydrogens (tertiary/aromatic N) is 4. The van der Waals surface area contributed by atoms with E-state index in [4.69, 9.17) is 4.52 Å². The van der Waals surface area contributed by atoms with Crippen LogP contribution in [0.25, 0.3) is 11.1 Å². The summed E-state index contributed by atoms with van der Waals surface area (Å²) in [5.41, 5.74) is 2.24. The van der Waals surface area contributed by atoms with Crippen molar-refractivity contribution in [2.75, 3.05) is 11.4 Å². The van der Waals surface area contributed by atoms with Crippen molar-refractivity contribution in [3.63, 3.8) is 0 Å². The van der Waals surface area contributed by atoms with Crippen molar-refractivity contribution in [3.8, 4) is 0 Å². The predicted molar refractivity (Wildman–Crippen MR) is 99.3 cm³/mol. The molecule has 0 radical (unpaired) electrons. The Balaban J connectivity index is 2.05. The van der Waals surface area contributed by atoms with E-state index in [0.717, 1.165) is 11.3 Å². The largest absolute Gasteiger partial charge is 0.335 e. The molecular weight excluding hydrogens is 332 g/mol. The molecule has 3 rings (SSSR count). The van der Waals surface area contributed by atoms with Gasteiger partial charge >= 0.3 is 0 Å². The molecule has 0 N–H and O–H groups in total. The molecule has 3 aromatic rings. The predicted octanol–water partition coefficient (Wildman–Crippen LogP) is 3.01. The van der Waals surface area contributed by atoms with E-state index in [-0.39, 0.29) is 17.2 Å². The van der Waals surface area contributed by atoms with E-state index >= 15 is 0 Å². The number of aryl methyl sites for hydroxylation is 2. The number of hydrogen-bond donors (Lipinski definition) is 0. The molecule has 7 nitrogen and oxygen atoms in total. The zero-order valence-electron chi connectivity index (χ0n) is 15.4. The first-order chi connectivity index (χ1) is 12.5. The topological polar surface area (TPSA) is 81.2 Å². The minimum atomic E-state index is -0.644. The van der Waals surface area contributed by atoms with Gasteiger partial charge in [0.15, 0.2) is 0 Å². The lowest BCUT2D eigenvalue weighted by Crippen LogP contribution is -2.40. The van der Waals surface area contributed by atoms with Gasteiger partial charge in [0.05, 0.1) is 5.69 Å². The third-order valence-corrected chi connectivity index (χ3v) is 4.50. The monoisotopic (exact) mass is 354 g/mol. The van der Waals surface area contributed by atoms with Gasteiger partial charge in [-0.1, -0.05) is 24.2 Å². The Bertz CT molecular complexity index is 1010. The Morgan fingerprint density at radius 2 is 2.08 bits per heavy atom. The van der Waals surface area contributed by atoms with Crippen LogP contribution in [0.15, 0.2) is 39.9 Å². The van der Waals surface area contributed by atoms with Crippen LogP contribution in [0, 0.1) is 13.8 Å². The van der Waals surface area contributed by atoms with Gasteiger partial charge in [-0.25, -0.2) is 4.98 Å². The van der Waals surface area contributed by atoms with Crippen LogP contribution in [0.3, 0.4) is 0 Å². The van der Waals surface area contributed by atoms with Gasteiger partial charge in [-0.2, -0.15) is 0 Å². The third kappa shape index (κ3) is 3.00. The van der Waals surface area contributed by atoms with Gasteiger partial charge in [-0.05, 0) is 44.9 Å². The summed E-state index contributed by atoms with van der Waals surface area (Å²) >= 11 is 0. The van der Waals surface area contributed by atoms with E-state index in [0.29, 0.717) is 24.0 Å². The molecular formula is C19H22N4O3. The zero-order valence-corrected chi connectivity index (χ0v) is 15.4. The van der Waals surface area contributed by atoms with Crippen LogP contribution in [0.5, 0.6) is 0 Å². The summed E-state index contributed by atoms with van der Waals surface area (Å²) in [6, 6.07) is 7.12. The molecule has 0 saturated carbocycles. The van der Waals surface area contributed by atoms with Crippen LogP contribution in [-0.2, 0) is 4.79 Å². The number of hydrogen-bond acceptors (Lipinski definition) is 5. The number of aromatic nitrogens is 3. The van der Waals surface area contributed by atoms with Gasteiger partial charge in [0, 0.05) is 12.2 Å². The fraction of sp³-hybridized carbons (Fsp3) is 0.368. The molecule has 1 unspecified atom stereocenters. The van der Waals surface area contributed by atoms with Crippen molar-refractivity contribution in [1.29, 1.82) is 0 Å². The Morgan fingerprint density at radius 1 is 1.31 bits per heavy atom. The van der Waals surface area contributed by atoms with E-state index in [1.807, 2.05) is 45.0 Å². The molecule has 1 aromatic carbocycles. The molecule has 0 bridgehead atoms. The molecule has 1 atom stereocenters. The number of carbonyl (C=O) groups excluding carboxylic acids is 1. The second-order valence-corrected chi connectivity index (χ2v) is 6.25. The highest BCUT2D eigenvalue weighted by Gasteiger charge is 2.27. The van der Waals surface area contributed by atoms with Crippen molar-refractivity contribution in [3.05, 3.63) is 52.2 Å². The van der Waals surface area contributed by atoms with Gasteiger partial charge < -0.3 is 9.42 Å². The molecule has 0 spiro atoms. The Morgan fingerprint density at radius 3 is 2.73 bits per heavy atom. The Labute approximate surface area is 151 Å². The molecule has 0 aliphatic heterocycles. The maximum Gasteiger partial charge on any atom is 0.267 e. The zero-order chi connectivity index (χ0) is 18.8. The lowest BCUT2D eigenvalue weighted by atomic mass is 10.1. The minimum Gasteiger partial charge on any atom is -0.335 e. The Hall–Kier alpha value is -2.96. The van der Waals surface area contributed by atoms with Gasteiger partial charge in [-0.3, -0.25) is 14.2 Å². The summed E-state index contributed by atoms with van der Waals surface area (Å²) in [5.74, 6) is -0.141. The number of likely N-dealkylation sites (N-methyl/N-ethyl adjacent to an activating group) is 1. The number of amides is 1. The van der Waals surface area contributed by atoms with Crippen LogP contribution in [0.2, 0.25) is 0 Å². The average molecular weight is 354 g/mol. The third-order valence-electron chi connectivity index (χ3n) is 4.50. The van der Waals surface area contributed by atoms with Gasteiger partial charge in [-0.15, -0.1) is 0 Å². The quantitative estimate of drug-likeness (QED) is 0.703. The number of carbonyl (C=O) groups is 1.